The Hall–Kier alpha value is -1.41. The van der Waals surface area contributed by atoms with Crippen molar-refractivity contribution in [2.24, 2.45) is 0 Å². The first-order chi connectivity index (χ1) is 11.1. The molecule has 1 N–H and O–H groups in total. The van der Waals surface area contributed by atoms with E-state index in [0.29, 0.717) is 0 Å². The SMILES string of the molecule is O=S(=O)(NCC(c1ccco1)N1CCCC1)c1ccc(Cl)nc1. The van der Waals surface area contributed by atoms with Crippen LogP contribution < -0.4 is 4.72 Å². The van der Waals surface area contributed by atoms with Crippen LogP contribution in [0, 0.1) is 0 Å². The number of hydrogen-bond acceptors (Lipinski definition) is 5. The van der Waals surface area contributed by atoms with Crippen LogP contribution in [0.2, 0.25) is 5.15 Å². The maximum absolute atomic E-state index is 12.4. The summed E-state index contributed by atoms with van der Waals surface area (Å²) < 4.78 is 32.9. The van der Waals surface area contributed by atoms with Crippen molar-refractivity contribution >= 4 is 21.6 Å². The molecule has 1 fully saturated rings. The summed E-state index contributed by atoms with van der Waals surface area (Å²) in [5.41, 5.74) is 0. The fourth-order valence-electron chi connectivity index (χ4n) is 2.74. The molecule has 6 nitrogen and oxygen atoms in total. The van der Waals surface area contributed by atoms with Crippen molar-refractivity contribution in [3.63, 3.8) is 0 Å². The van der Waals surface area contributed by atoms with E-state index in [1.807, 2.05) is 12.1 Å². The first kappa shape index (κ1) is 16.4. The number of pyridine rings is 1. The molecule has 0 aliphatic carbocycles. The third-order valence-electron chi connectivity index (χ3n) is 3.93. The lowest BCUT2D eigenvalue weighted by Crippen LogP contribution is -2.36. The predicted molar refractivity (Wildman–Crippen MR) is 86.7 cm³/mol. The van der Waals surface area contributed by atoms with Crippen LogP contribution in [-0.2, 0) is 10.0 Å². The largest absolute Gasteiger partial charge is 0.468 e. The Morgan fingerprint density at radius 3 is 2.70 bits per heavy atom. The molecule has 1 saturated heterocycles. The molecule has 2 aromatic heterocycles. The molecule has 23 heavy (non-hydrogen) atoms. The van der Waals surface area contributed by atoms with Gasteiger partial charge in [-0.2, -0.15) is 0 Å². The molecule has 1 atom stereocenters. The minimum atomic E-state index is -3.63. The fourth-order valence-corrected chi connectivity index (χ4v) is 3.83. The van der Waals surface area contributed by atoms with E-state index in [2.05, 4.69) is 14.6 Å². The van der Waals surface area contributed by atoms with E-state index in [4.69, 9.17) is 16.0 Å². The van der Waals surface area contributed by atoms with Gasteiger partial charge in [-0.25, -0.2) is 18.1 Å². The van der Waals surface area contributed by atoms with E-state index in [1.165, 1.54) is 18.3 Å². The van der Waals surface area contributed by atoms with E-state index >= 15 is 0 Å². The van der Waals surface area contributed by atoms with Crippen molar-refractivity contribution in [2.45, 2.75) is 23.8 Å². The third kappa shape index (κ3) is 3.92. The Morgan fingerprint density at radius 1 is 1.30 bits per heavy atom. The molecule has 124 valence electrons. The van der Waals surface area contributed by atoms with Gasteiger partial charge in [0.1, 0.15) is 15.8 Å². The number of likely N-dealkylation sites (tertiary alicyclic amines) is 1. The smallest absolute Gasteiger partial charge is 0.242 e. The highest BCUT2D eigenvalue weighted by Gasteiger charge is 2.27. The summed E-state index contributed by atoms with van der Waals surface area (Å²) in [7, 11) is -3.63. The second-order valence-corrected chi connectivity index (χ2v) is 7.60. The van der Waals surface area contributed by atoms with Crippen LogP contribution in [0.4, 0.5) is 0 Å². The molecule has 1 unspecified atom stereocenters. The summed E-state index contributed by atoms with van der Waals surface area (Å²) in [6.07, 6.45) is 5.09. The lowest BCUT2D eigenvalue weighted by Gasteiger charge is -2.25. The Kier molecular flexibility index (Phi) is 5.01. The van der Waals surface area contributed by atoms with Crippen molar-refractivity contribution in [3.8, 4) is 0 Å². The first-order valence-corrected chi connectivity index (χ1v) is 9.31. The van der Waals surface area contributed by atoms with Gasteiger partial charge in [-0.15, -0.1) is 0 Å². The molecular weight excluding hydrogens is 338 g/mol. The number of nitrogens with zero attached hydrogens (tertiary/aromatic N) is 2. The average Bonchev–Trinajstić information content (AvgIpc) is 3.21. The van der Waals surface area contributed by atoms with Gasteiger partial charge in [0.25, 0.3) is 0 Å². The van der Waals surface area contributed by atoms with Gasteiger partial charge in [0.2, 0.25) is 10.0 Å². The molecule has 0 spiro atoms. The molecule has 1 aliphatic rings. The standard InChI is InChI=1S/C15H18ClN3O3S/c16-15-6-5-12(10-17-15)23(20,21)18-11-13(14-4-3-9-22-14)19-7-1-2-8-19/h3-6,9-10,13,18H,1-2,7-8,11H2. The zero-order chi connectivity index (χ0) is 16.3. The summed E-state index contributed by atoms with van der Waals surface area (Å²) in [6, 6.07) is 6.48. The zero-order valence-corrected chi connectivity index (χ0v) is 14.1. The molecule has 0 bridgehead atoms. The van der Waals surface area contributed by atoms with Crippen molar-refractivity contribution in [2.75, 3.05) is 19.6 Å². The zero-order valence-electron chi connectivity index (χ0n) is 12.5. The van der Waals surface area contributed by atoms with E-state index < -0.39 is 10.0 Å². The number of furan rings is 1. The van der Waals surface area contributed by atoms with E-state index in [0.717, 1.165) is 31.7 Å². The monoisotopic (exact) mass is 355 g/mol. The predicted octanol–water partition coefficient (Wildman–Crippen LogP) is 2.44. The summed E-state index contributed by atoms with van der Waals surface area (Å²) in [5, 5.41) is 0.259. The van der Waals surface area contributed by atoms with Crippen LogP contribution in [0.15, 0.2) is 46.0 Å². The summed E-state index contributed by atoms with van der Waals surface area (Å²) in [6.45, 7) is 2.13. The minimum Gasteiger partial charge on any atom is -0.468 e. The molecule has 1 aliphatic heterocycles. The summed E-state index contributed by atoms with van der Waals surface area (Å²) in [4.78, 5) is 6.15. The van der Waals surface area contributed by atoms with Crippen LogP contribution in [-0.4, -0.2) is 37.9 Å². The lowest BCUT2D eigenvalue weighted by molar-refractivity contribution is 0.216. The number of hydrogen-bond donors (Lipinski definition) is 1. The lowest BCUT2D eigenvalue weighted by atomic mass is 10.2. The number of rotatable bonds is 6. The molecule has 0 amide bonds. The second kappa shape index (κ2) is 7.00. The topological polar surface area (TPSA) is 75.4 Å². The van der Waals surface area contributed by atoms with Crippen LogP contribution in [0.3, 0.4) is 0 Å². The van der Waals surface area contributed by atoms with Crippen LogP contribution in [0.25, 0.3) is 0 Å². The van der Waals surface area contributed by atoms with Gasteiger partial charge in [-0.3, -0.25) is 4.90 Å². The fraction of sp³-hybridized carbons (Fsp3) is 0.400. The number of sulfonamides is 1. The molecule has 2 aromatic rings. The quantitative estimate of drug-likeness (QED) is 0.805. The Labute approximate surface area is 140 Å². The second-order valence-electron chi connectivity index (χ2n) is 5.44. The van der Waals surface area contributed by atoms with Gasteiger partial charge in [0, 0.05) is 12.7 Å². The van der Waals surface area contributed by atoms with Crippen LogP contribution >= 0.6 is 11.6 Å². The van der Waals surface area contributed by atoms with Gasteiger partial charge in [0.05, 0.1) is 12.3 Å². The normalized spacial score (nSPS) is 17.4. The molecule has 3 heterocycles. The highest BCUT2D eigenvalue weighted by molar-refractivity contribution is 7.89. The molecule has 0 aromatic carbocycles. The summed E-state index contributed by atoms with van der Waals surface area (Å²) >= 11 is 5.70. The first-order valence-electron chi connectivity index (χ1n) is 7.45. The average molecular weight is 356 g/mol. The summed E-state index contributed by atoms with van der Waals surface area (Å²) in [5.74, 6) is 0.767. The molecular formula is C15H18ClN3O3S. The van der Waals surface area contributed by atoms with E-state index in [-0.39, 0.29) is 22.6 Å². The molecule has 3 rings (SSSR count). The Bertz CT molecular complexity index is 726. The Morgan fingerprint density at radius 2 is 2.09 bits per heavy atom. The maximum atomic E-state index is 12.4. The molecule has 8 heteroatoms. The van der Waals surface area contributed by atoms with E-state index in [9.17, 15) is 8.42 Å². The minimum absolute atomic E-state index is 0.0986. The number of halogens is 1. The number of nitrogens with one attached hydrogen (secondary N) is 1. The van der Waals surface area contributed by atoms with Crippen molar-refractivity contribution < 1.29 is 12.8 Å². The highest BCUT2D eigenvalue weighted by atomic mass is 35.5. The number of aromatic nitrogens is 1. The van der Waals surface area contributed by atoms with Crippen molar-refractivity contribution in [1.29, 1.82) is 0 Å². The molecule has 0 radical (unpaired) electrons. The van der Waals surface area contributed by atoms with Gasteiger partial charge in [0.15, 0.2) is 0 Å². The van der Waals surface area contributed by atoms with Gasteiger partial charge < -0.3 is 4.42 Å². The highest BCUT2D eigenvalue weighted by Crippen LogP contribution is 2.25. The van der Waals surface area contributed by atoms with Gasteiger partial charge in [-0.05, 0) is 50.2 Å². The van der Waals surface area contributed by atoms with Gasteiger partial charge in [-0.1, -0.05) is 11.6 Å². The van der Waals surface area contributed by atoms with Crippen LogP contribution in [0.5, 0.6) is 0 Å². The van der Waals surface area contributed by atoms with Gasteiger partial charge >= 0.3 is 0 Å². The maximum Gasteiger partial charge on any atom is 0.242 e. The van der Waals surface area contributed by atoms with Crippen LogP contribution in [0.1, 0.15) is 24.6 Å². The van der Waals surface area contributed by atoms with Crippen molar-refractivity contribution in [3.05, 3.63) is 47.6 Å². The van der Waals surface area contributed by atoms with Crippen molar-refractivity contribution in [1.82, 2.24) is 14.6 Å². The molecule has 0 saturated carbocycles. The third-order valence-corrected chi connectivity index (χ3v) is 5.56. The van der Waals surface area contributed by atoms with E-state index in [1.54, 1.807) is 6.26 Å². The Balaban J connectivity index is 1.74.